The average molecular weight is 372 g/mol. The lowest BCUT2D eigenvalue weighted by molar-refractivity contribution is -0.129. The van der Waals surface area contributed by atoms with Crippen molar-refractivity contribution in [2.75, 3.05) is 33.7 Å². The monoisotopic (exact) mass is 371 g/mol. The van der Waals surface area contributed by atoms with Gasteiger partial charge < -0.3 is 10.2 Å². The molecule has 0 unspecified atom stereocenters. The summed E-state index contributed by atoms with van der Waals surface area (Å²) >= 11 is 0. The third-order valence-corrected chi connectivity index (χ3v) is 4.41. The molecule has 1 aromatic carbocycles. The number of hydrogen-bond acceptors (Lipinski definition) is 4. The molecular weight excluding hydrogens is 352 g/mol. The molecule has 0 saturated carbocycles. The molecule has 1 aromatic rings. The van der Waals surface area contributed by atoms with Gasteiger partial charge >= 0.3 is 0 Å². The van der Waals surface area contributed by atoms with Crippen molar-refractivity contribution in [1.82, 2.24) is 14.9 Å². The number of carbonyl (C=O) groups is 1. The highest BCUT2D eigenvalue weighted by atomic mass is 35.5. The number of nitrogens with zero attached hydrogens (tertiary/aromatic N) is 1. The van der Waals surface area contributed by atoms with Crippen LogP contribution in [0.4, 0.5) is 8.78 Å². The second kappa shape index (κ2) is 9.76. The molecule has 0 atom stereocenters. The number of rotatable bonds is 8. The fraction of sp³-hybridized carbons (Fsp3) is 0.462. The molecule has 0 aliphatic heterocycles. The number of halogens is 3. The first-order valence-electron chi connectivity index (χ1n) is 6.61. The van der Waals surface area contributed by atoms with E-state index in [0.29, 0.717) is 19.2 Å². The van der Waals surface area contributed by atoms with Gasteiger partial charge in [-0.25, -0.2) is 21.9 Å². The first kappa shape index (κ1) is 21.7. The fourth-order valence-electron chi connectivity index (χ4n) is 1.61. The van der Waals surface area contributed by atoms with Crippen LogP contribution in [-0.4, -0.2) is 53.0 Å². The Morgan fingerprint density at radius 1 is 1.22 bits per heavy atom. The first-order chi connectivity index (χ1) is 10.3. The van der Waals surface area contributed by atoms with Crippen molar-refractivity contribution in [3.63, 3.8) is 0 Å². The van der Waals surface area contributed by atoms with E-state index in [1.807, 2.05) is 0 Å². The number of amides is 1. The quantitative estimate of drug-likeness (QED) is 0.706. The van der Waals surface area contributed by atoms with Crippen LogP contribution < -0.4 is 10.0 Å². The molecule has 6 nitrogen and oxygen atoms in total. The molecule has 0 bridgehead atoms. The predicted octanol–water partition coefficient (Wildman–Crippen LogP) is 0.733. The molecule has 0 heterocycles. The van der Waals surface area contributed by atoms with Gasteiger partial charge in [-0.3, -0.25) is 4.79 Å². The van der Waals surface area contributed by atoms with Gasteiger partial charge in [0.25, 0.3) is 0 Å². The van der Waals surface area contributed by atoms with E-state index in [0.717, 1.165) is 12.1 Å². The van der Waals surface area contributed by atoms with Crippen molar-refractivity contribution < 1.29 is 22.0 Å². The lowest BCUT2D eigenvalue weighted by Gasteiger charge is -2.17. The lowest BCUT2D eigenvalue weighted by atomic mass is 10.3. The first-order valence-corrected chi connectivity index (χ1v) is 8.09. The topological polar surface area (TPSA) is 78.5 Å². The van der Waals surface area contributed by atoms with Crippen molar-refractivity contribution in [3.05, 3.63) is 29.8 Å². The van der Waals surface area contributed by atoms with Crippen LogP contribution in [-0.2, 0) is 14.8 Å². The second-order valence-corrected chi connectivity index (χ2v) is 6.41. The highest BCUT2D eigenvalue weighted by molar-refractivity contribution is 7.89. The Morgan fingerprint density at radius 2 is 1.87 bits per heavy atom. The van der Waals surface area contributed by atoms with Crippen LogP contribution in [0.15, 0.2) is 23.1 Å². The summed E-state index contributed by atoms with van der Waals surface area (Å²) in [5.74, 6) is -2.59. The van der Waals surface area contributed by atoms with Gasteiger partial charge in [-0.05, 0) is 25.2 Å². The summed E-state index contributed by atoms with van der Waals surface area (Å²) in [4.78, 5) is 12.8. The Hall–Kier alpha value is -1.29. The maximum atomic E-state index is 13.1. The van der Waals surface area contributed by atoms with E-state index in [1.54, 1.807) is 14.1 Å². The van der Waals surface area contributed by atoms with Crippen LogP contribution in [0.3, 0.4) is 0 Å². The minimum Gasteiger partial charge on any atom is -0.344 e. The Morgan fingerprint density at radius 3 is 2.43 bits per heavy atom. The molecule has 0 aliphatic rings. The molecule has 0 spiro atoms. The van der Waals surface area contributed by atoms with E-state index in [2.05, 4.69) is 10.0 Å². The number of hydrogen-bond donors (Lipinski definition) is 2. The van der Waals surface area contributed by atoms with Crippen LogP contribution >= 0.6 is 12.4 Å². The summed E-state index contributed by atoms with van der Waals surface area (Å²) in [6.45, 7) is 1.01. The summed E-state index contributed by atoms with van der Waals surface area (Å²) in [7, 11) is -0.605. The summed E-state index contributed by atoms with van der Waals surface area (Å²) < 4.78 is 51.8. The highest BCUT2D eigenvalue weighted by Crippen LogP contribution is 2.13. The van der Waals surface area contributed by atoms with Crippen LogP contribution in [0.2, 0.25) is 0 Å². The van der Waals surface area contributed by atoms with Crippen LogP contribution in [0.1, 0.15) is 6.42 Å². The molecular formula is C13H20ClF2N3O3S. The zero-order valence-electron chi connectivity index (χ0n) is 12.8. The van der Waals surface area contributed by atoms with Crippen LogP contribution in [0.5, 0.6) is 0 Å². The molecule has 0 saturated heterocycles. The molecule has 0 fully saturated rings. The molecule has 0 aliphatic carbocycles. The van der Waals surface area contributed by atoms with E-state index in [9.17, 15) is 22.0 Å². The minimum absolute atomic E-state index is 0. The predicted molar refractivity (Wildman–Crippen MR) is 85.0 cm³/mol. The van der Waals surface area contributed by atoms with Crippen LogP contribution in [0, 0.1) is 11.6 Å². The Balaban J connectivity index is 0.00000484. The minimum atomic E-state index is -3.98. The Kier molecular flexibility index (Phi) is 9.21. The van der Waals surface area contributed by atoms with Gasteiger partial charge in [0.05, 0.1) is 4.90 Å². The molecule has 0 aromatic heterocycles. The average Bonchev–Trinajstić information content (AvgIpc) is 2.47. The Labute approximate surface area is 140 Å². The van der Waals surface area contributed by atoms with Gasteiger partial charge in [-0.2, -0.15) is 0 Å². The molecule has 1 rings (SSSR count). The van der Waals surface area contributed by atoms with Gasteiger partial charge in [-0.1, -0.05) is 0 Å². The number of likely N-dealkylation sites (N-methyl/N-ethyl adjacent to an activating group) is 2. The molecule has 2 N–H and O–H groups in total. The van der Waals surface area contributed by atoms with Gasteiger partial charge in [0, 0.05) is 33.1 Å². The maximum absolute atomic E-state index is 13.1. The molecule has 0 radical (unpaired) electrons. The summed E-state index contributed by atoms with van der Waals surface area (Å²) in [5, 5.41) is 2.89. The summed E-state index contributed by atoms with van der Waals surface area (Å²) in [6, 6.07) is 2.29. The number of sulfonamides is 1. The largest absolute Gasteiger partial charge is 0.344 e. The van der Waals surface area contributed by atoms with E-state index >= 15 is 0 Å². The van der Waals surface area contributed by atoms with Crippen molar-refractivity contribution >= 4 is 28.3 Å². The van der Waals surface area contributed by atoms with Crippen molar-refractivity contribution in [2.45, 2.75) is 11.3 Å². The zero-order chi connectivity index (χ0) is 16.8. The number of carbonyl (C=O) groups excluding carboxylic acids is 1. The zero-order valence-corrected chi connectivity index (χ0v) is 14.4. The molecule has 10 heteroatoms. The van der Waals surface area contributed by atoms with Gasteiger partial charge in [0.2, 0.25) is 15.9 Å². The number of nitrogens with one attached hydrogen (secondary N) is 2. The molecule has 23 heavy (non-hydrogen) atoms. The SMILES string of the molecule is CNCCN(C)C(=O)CCNS(=O)(=O)c1ccc(F)c(F)c1.Cl. The van der Waals surface area contributed by atoms with Crippen LogP contribution in [0.25, 0.3) is 0 Å². The maximum Gasteiger partial charge on any atom is 0.240 e. The van der Waals surface area contributed by atoms with E-state index in [-0.39, 0.29) is 36.2 Å². The highest BCUT2D eigenvalue weighted by Gasteiger charge is 2.17. The van der Waals surface area contributed by atoms with Gasteiger partial charge in [-0.15, -0.1) is 12.4 Å². The normalized spacial score (nSPS) is 11.0. The fourth-order valence-corrected chi connectivity index (χ4v) is 2.66. The third-order valence-electron chi connectivity index (χ3n) is 2.96. The number of benzene rings is 1. The van der Waals surface area contributed by atoms with Gasteiger partial charge in [0.1, 0.15) is 0 Å². The summed E-state index contributed by atoms with van der Waals surface area (Å²) in [6.07, 6.45) is -0.0247. The van der Waals surface area contributed by atoms with E-state index < -0.39 is 21.7 Å². The summed E-state index contributed by atoms with van der Waals surface area (Å²) in [5.41, 5.74) is 0. The third kappa shape index (κ3) is 6.78. The van der Waals surface area contributed by atoms with Crippen molar-refractivity contribution in [3.8, 4) is 0 Å². The lowest BCUT2D eigenvalue weighted by Crippen LogP contribution is -2.35. The van der Waals surface area contributed by atoms with E-state index in [4.69, 9.17) is 0 Å². The molecule has 132 valence electrons. The van der Waals surface area contributed by atoms with Gasteiger partial charge in [0.15, 0.2) is 11.6 Å². The van der Waals surface area contributed by atoms with Crippen molar-refractivity contribution in [2.24, 2.45) is 0 Å². The van der Waals surface area contributed by atoms with E-state index in [1.165, 1.54) is 4.90 Å². The second-order valence-electron chi connectivity index (χ2n) is 4.64. The smallest absolute Gasteiger partial charge is 0.240 e. The molecule has 1 amide bonds. The Bertz CT molecular complexity index is 629. The van der Waals surface area contributed by atoms with Crippen molar-refractivity contribution in [1.29, 1.82) is 0 Å². The standard InChI is InChI=1S/C13H19F2N3O3S.ClH/c1-16-7-8-18(2)13(19)5-6-17-22(20,21)10-3-4-11(14)12(15)9-10;/h3-4,9,16-17H,5-8H2,1-2H3;1H.